The molecule has 0 aliphatic heterocycles. The van der Waals surface area contributed by atoms with Gasteiger partial charge in [0.25, 0.3) is 0 Å². The van der Waals surface area contributed by atoms with Crippen molar-refractivity contribution in [3.05, 3.63) is 53.1 Å². The topological polar surface area (TPSA) is 47.9 Å². The van der Waals surface area contributed by atoms with E-state index < -0.39 is 0 Å². The number of hydrogen-bond acceptors (Lipinski definition) is 3. The first-order chi connectivity index (χ1) is 10.7. The summed E-state index contributed by atoms with van der Waals surface area (Å²) in [6, 6.07) is 6.96. The van der Waals surface area contributed by atoms with E-state index in [0.29, 0.717) is 11.9 Å². The zero-order valence-corrected chi connectivity index (χ0v) is 13.6. The maximum atomic E-state index is 8.24. The van der Waals surface area contributed by atoms with Crippen molar-refractivity contribution in [2.75, 3.05) is 11.9 Å². The minimum atomic E-state index is 0.385. The van der Waals surface area contributed by atoms with Gasteiger partial charge in [0.2, 0.25) is 0 Å². The molecule has 3 N–H and O–H groups in total. The fourth-order valence-corrected chi connectivity index (χ4v) is 3.37. The van der Waals surface area contributed by atoms with Gasteiger partial charge in [0.05, 0.1) is 0 Å². The van der Waals surface area contributed by atoms with Crippen molar-refractivity contribution in [3.8, 4) is 0 Å². The van der Waals surface area contributed by atoms with E-state index in [4.69, 9.17) is 17.6 Å². The van der Waals surface area contributed by atoms with Crippen LogP contribution in [-0.2, 0) is 12.8 Å². The molecule has 0 spiro atoms. The van der Waals surface area contributed by atoms with Crippen LogP contribution in [0.1, 0.15) is 24.5 Å². The fraction of sp³-hybridized carbons (Fsp3) is 0.333. The maximum Gasteiger partial charge on any atom is 0.131 e. The third kappa shape index (κ3) is 3.18. The summed E-state index contributed by atoms with van der Waals surface area (Å²) < 4.78 is 0. The van der Waals surface area contributed by atoms with E-state index in [1.54, 1.807) is 0 Å². The molecule has 22 heavy (non-hydrogen) atoms. The van der Waals surface area contributed by atoms with Gasteiger partial charge in [-0.3, -0.25) is 5.41 Å². The molecule has 1 aromatic rings. The molecule has 2 aliphatic carbocycles. The van der Waals surface area contributed by atoms with Crippen molar-refractivity contribution < 1.29 is 0 Å². The largest absolute Gasteiger partial charge is 0.340 e. The summed E-state index contributed by atoms with van der Waals surface area (Å²) in [5.74, 6) is 0.385. The first kappa shape index (κ1) is 15.1. The number of thiocarbonyl (C=S) groups is 1. The third-order valence-electron chi connectivity index (χ3n) is 4.17. The number of nitrogens with one attached hydrogen (secondary N) is 3. The van der Waals surface area contributed by atoms with Crippen LogP contribution < -0.4 is 10.6 Å². The number of hydrogen-bond donors (Lipinski definition) is 3. The van der Waals surface area contributed by atoms with Crippen molar-refractivity contribution in [1.29, 1.82) is 5.41 Å². The minimum absolute atomic E-state index is 0.385. The van der Waals surface area contributed by atoms with Crippen LogP contribution in [-0.4, -0.2) is 23.3 Å². The minimum Gasteiger partial charge on any atom is -0.340 e. The molecule has 1 unspecified atom stereocenters. The summed E-state index contributed by atoms with van der Waals surface area (Å²) in [4.78, 5) is 0.827. The summed E-state index contributed by atoms with van der Waals surface area (Å²) in [7, 11) is 0. The second kappa shape index (κ2) is 6.55. The van der Waals surface area contributed by atoms with Gasteiger partial charge in [-0.25, -0.2) is 0 Å². The molecule has 0 radical (unpaired) electrons. The van der Waals surface area contributed by atoms with Crippen LogP contribution in [0, 0.1) is 5.41 Å². The van der Waals surface area contributed by atoms with Gasteiger partial charge in [-0.1, -0.05) is 43.4 Å². The number of fused-ring (bicyclic) bond motifs is 1. The maximum absolute atomic E-state index is 8.24. The molecule has 3 nitrogen and oxygen atoms in total. The molecule has 0 bridgehead atoms. The van der Waals surface area contributed by atoms with Gasteiger partial charge in [-0.05, 0) is 42.6 Å². The van der Waals surface area contributed by atoms with E-state index in [1.165, 1.54) is 11.1 Å². The summed E-state index contributed by atoms with van der Waals surface area (Å²) in [5, 5.41) is 14.9. The van der Waals surface area contributed by atoms with Crippen LogP contribution in [0.3, 0.4) is 0 Å². The van der Waals surface area contributed by atoms with Crippen molar-refractivity contribution in [1.82, 2.24) is 5.32 Å². The molecule has 0 saturated heterocycles. The lowest BCUT2D eigenvalue weighted by molar-refractivity contribution is 0.552. The molecule has 114 valence electrons. The SMILES string of the molecule is CCNC1Cc2ccc(NC(=N)C3=CC=CCC3=S)cc2C1. The van der Waals surface area contributed by atoms with E-state index in [0.717, 1.165) is 41.9 Å². The summed E-state index contributed by atoms with van der Waals surface area (Å²) in [5.41, 5.74) is 4.59. The number of anilines is 1. The first-order valence-corrected chi connectivity index (χ1v) is 8.19. The Hall–Kier alpha value is -1.78. The molecule has 0 heterocycles. The molecule has 1 aromatic carbocycles. The number of allylic oxidation sites excluding steroid dienone is 3. The molecule has 4 heteroatoms. The van der Waals surface area contributed by atoms with Gasteiger partial charge >= 0.3 is 0 Å². The third-order valence-corrected chi connectivity index (χ3v) is 4.56. The number of likely N-dealkylation sites (N-methyl/N-ethyl adjacent to an activating group) is 1. The molecule has 0 fully saturated rings. The van der Waals surface area contributed by atoms with Crippen LogP contribution in [0.4, 0.5) is 5.69 Å². The monoisotopic (exact) mass is 311 g/mol. The van der Waals surface area contributed by atoms with Crippen molar-refractivity contribution >= 4 is 28.6 Å². The summed E-state index contributed by atoms with van der Waals surface area (Å²) >= 11 is 5.33. The first-order valence-electron chi connectivity index (χ1n) is 7.78. The standard InChI is InChI=1S/C18H21N3S/c1-2-20-15-9-12-7-8-14(10-13(12)11-15)21-18(19)16-5-3-4-6-17(16)22/h3-5,7-8,10,15,20H,2,6,9,11H2,1H3,(H2,19,21). The zero-order valence-electron chi connectivity index (χ0n) is 12.8. The average Bonchev–Trinajstić information content (AvgIpc) is 2.89. The molecule has 2 aliphatic rings. The molecular weight excluding hydrogens is 290 g/mol. The van der Waals surface area contributed by atoms with Crippen LogP contribution in [0.2, 0.25) is 0 Å². The van der Waals surface area contributed by atoms with Crippen molar-refractivity contribution in [2.24, 2.45) is 0 Å². The highest BCUT2D eigenvalue weighted by molar-refractivity contribution is 7.81. The molecule has 0 saturated carbocycles. The van der Waals surface area contributed by atoms with Crippen LogP contribution >= 0.6 is 12.2 Å². The van der Waals surface area contributed by atoms with Gasteiger partial charge < -0.3 is 10.6 Å². The molecule has 0 amide bonds. The molecular formula is C18H21N3S. The van der Waals surface area contributed by atoms with Crippen LogP contribution in [0.5, 0.6) is 0 Å². The Balaban J connectivity index is 1.71. The Kier molecular flexibility index (Phi) is 4.50. The highest BCUT2D eigenvalue weighted by Gasteiger charge is 2.21. The van der Waals surface area contributed by atoms with E-state index in [2.05, 4.69) is 35.8 Å². The second-order valence-corrected chi connectivity index (χ2v) is 6.27. The van der Waals surface area contributed by atoms with Crippen molar-refractivity contribution in [2.45, 2.75) is 32.2 Å². The van der Waals surface area contributed by atoms with Crippen LogP contribution in [0.25, 0.3) is 0 Å². The zero-order chi connectivity index (χ0) is 15.5. The van der Waals surface area contributed by atoms with E-state index in [1.807, 2.05) is 18.2 Å². The predicted molar refractivity (Wildman–Crippen MR) is 97.1 cm³/mol. The predicted octanol–water partition coefficient (Wildman–Crippen LogP) is 3.41. The molecule has 3 rings (SSSR count). The quantitative estimate of drug-likeness (QED) is 0.454. The van der Waals surface area contributed by atoms with Gasteiger partial charge in [-0.15, -0.1) is 0 Å². The Labute approximate surface area is 137 Å². The van der Waals surface area contributed by atoms with E-state index in [9.17, 15) is 0 Å². The van der Waals surface area contributed by atoms with Gasteiger partial charge in [0, 0.05) is 28.6 Å². The Bertz CT molecular complexity index is 673. The average molecular weight is 311 g/mol. The molecule has 1 atom stereocenters. The lowest BCUT2D eigenvalue weighted by Crippen LogP contribution is -2.28. The summed E-state index contributed by atoms with van der Waals surface area (Å²) in [6.07, 6.45) is 8.81. The Morgan fingerprint density at radius 3 is 2.91 bits per heavy atom. The van der Waals surface area contributed by atoms with Gasteiger partial charge in [0.15, 0.2) is 0 Å². The van der Waals surface area contributed by atoms with Crippen LogP contribution in [0.15, 0.2) is 42.0 Å². The van der Waals surface area contributed by atoms with Gasteiger partial charge in [0.1, 0.15) is 5.84 Å². The normalized spacial score (nSPS) is 19.8. The summed E-state index contributed by atoms with van der Waals surface area (Å²) in [6.45, 7) is 3.15. The van der Waals surface area contributed by atoms with Crippen molar-refractivity contribution in [3.63, 3.8) is 0 Å². The lowest BCUT2D eigenvalue weighted by Gasteiger charge is -2.14. The van der Waals surface area contributed by atoms with E-state index >= 15 is 0 Å². The Morgan fingerprint density at radius 1 is 1.32 bits per heavy atom. The number of rotatable bonds is 4. The highest BCUT2D eigenvalue weighted by atomic mass is 32.1. The van der Waals surface area contributed by atoms with E-state index in [-0.39, 0.29) is 0 Å². The smallest absolute Gasteiger partial charge is 0.131 e. The second-order valence-electron chi connectivity index (χ2n) is 5.78. The fourth-order valence-electron chi connectivity index (χ4n) is 3.11. The lowest BCUT2D eigenvalue weighted by atomic mass is 10.0. The number of amidine groups is 1. The highest BCUT2D eigenvalue weighted by Crippen LogP contribution is 2.26. The number of benzene rings is 1. The van der Waals surface area contributed by atoms with Gasteiger partial charge in [-0.2, -0.15) is 0 Å². The Morgan fingerprint density at radius 2 is 2.14 bits per heavy atom. The molecule has 0 aromatic heterocycles.